The van der Waals surface area contributed by atoms with E-state index in [4.69, 9.17) is 4.98 Å². The molecule has 3 heteroatoms. The fraction of sp³-hybridized carbons (Fsp3) is 0.409. The van der Waals surface area contributed by atoms with Gasteiger partial charge in [0.2, 0.25) is 0 Å². The van der Waals surface area contributed by atoms with Crippen LogP contribution in [0.2, 0.25) is 0 Å². The summed E-state index contributed by atoms with van der Waals surface area (Å²) in [6.45, 7) is 3.31. The van der Waals surface area contributed by atoms with Crippen molar-refractivity contribution in [2.75, 3.05) is 0 Å². The molecule has 0 aliphatic carbocycles. The average Bonchev–Trinajstić information content (AvgIpc) is 3.00. The number of aromatic nitrogens is 2. The molecule has 0 radical (unpaired) electrons. The number of rotatable bonds is 9. The van der Waals surface area contributed by atoms with E-state index in [0.29, 0.717) is 0 Å². The van der Waals surface area contributed by atoms with E-state index in [1.165, 1.54) is 56.0 Å². The Hall–Kier alpha value is -1.61. The zero-order valence-electron chi connectivity index (χ0n) is 15.0. The summed E-state index contributed by atoms with van der Waals surface area (Å²) in [5, 5.41) is 0. The van der Waals surface area contributed by atoms with Gasteiger partial charge in [-0.2, -0.15) is 0 Å². The van der Waals surface area contributed by atoms with Crippen molar-refractivity contribution in [2.24, 2.45) is 0 Å². The highest BCUT2D eigenvalue weighted by atomic mass is 79.9. The van der Waals surface area contributed by atoms with Crippen molar-refractivity contribution < 1.29 is 0 Å². The monoisotopic (exact) mass is 398 g/mol. The smallest absolute Gasteiger partial charge is 0.141 e. The highest BCUT2D eigenvalue weighted by Gasteiger charge is 2.12. The number of imidazole rings is 1. The van der Waals surface area contributed by atoms with Crippen LogP contribution in [0.25, 0.3) is 22.4 Å². The SMILES string of the molecule is CCCCCCCCCn1c(-c2ccc(Br)cc2)nc2ccccc21. The summed E-state index contributed by atoms with van der Waals surface area (Å²) in [4.78, 5) is 4.90. The quantitative estimate of drug-likeness (QED) is 0.348. The third-order valence-corrected chi connectivity index (χ3v) is 5.27. The standard InChI is InChI=1S/C22H27BrN2/c1-2-3-4-5-6-7-10-17-25-21-12-9-8-11-20(21)24-22(25)18-13-15-19(23)16-14-18/h8-9,11-16H,2-7,10,17H2,1H3. The molecule has 1 heterocycles. The Morgan fingerprint density at radius 2 is 1.52 bits per heavy atom. The molecule has 0 N–H and O–H groups in total. The largest absolute Gasteiger partial charge is 0.324 e. The van der Waals surface area contributed by atoms with E-state index in [-0.39, 0.29) is 0 Å². The van der Waals surface area contributed by atoms with E-state index < -0.39 is 0 Å². The highest BCUT2D eigenvalue weighted by molar-refractivity contribution is 9.10. The first kappa shape index (κ1) is 18.2. The second-order valence-electron chi connectivity index (χ2n) is 6.70. The normalized spacial score (nSPS) is 11.3. The lowest BCUT2D eigenvalue weighted by Crippen LogP contribution is -2.01. The van der Waals surface area contributed by atoms with Crippen LogP contribution in [0, 0.1) is 0 Å². The predicted molar refractivity (Wildman–Crippen MR) is 111 cm³/mol. The number of fused-ring (bicyclic) bond motifs is 1. The van der Waals surface area contributed by atoms with E-state index >= 15 is 0 Å². The van der Waals surface area contributed by atoms with Crippen molar-refractivity contribution in [1.29, 1.82) is 0 Å². The molecular formula is C22H27BrN2. The molecule has 0 fully saturated rings. The molecule has 1 aromatic heterocycles. The molecule has 0 unspecified atom stereocenters. The number of benzene rings is 2. The number of unbranched alkanes of at least 4 members (excludes halogenated alkanes) is 6. The highest BCUT2D eigenvalue weighted by Crippen LogP contribution is 2.26. The first-order valence-electron chi connectivity index (χ1n) is 9.51. The van der Waals surface area contributed by atoms with Crippen molar-refractivity contribution in [3.8, 4) is 11.4 Å². The van der Waals surface area contributed by atoms with Crippen LogP contribution in [-0.2, 0) is 6.54 Å². The summed E-state index contributed by atoms with van der Waals surface area (Å²) < 4.78 is 3.50. The molecular weight excluding hydrogens is 372 g/mol. The van der Waals surface area contributed by atoms with E-state index in [9.17, 15) is 0 Å². The predicted octanol–water partition coefficient (Wildman–Crippen LogP) is 7.22. The molecule has 25 heavy (non-hydrogen) atoms. The molecule has 0 amide bonds. The minimum Gasteiger partial charge on any atom is -0.324 e. The number of para-hydroxylation sites is 2. The van der Waals surface area contributed by atoms with Crippen molar-refractivity contribution in [2.45, 2.75) is 58.4 Å². The van der Waals surface area contributed by atoms with Crippen LogP contribution in [-0.4, -0.2) is 9.55 Å². The third-order valence-electron chi connectivity index (χ3n) is 4.74. The van der Waals surface area contributed by atoms with Crippen LogP contribution in [0.1, 0.15) is 51.9 Å². The lowest BCUT2D eigenvalue weighted by molar-refractivity contribution is 0.557. The minimum atomic E-state index is 1.04. The lowest BCUT2D eigenvalue weighted by atomic mass is 10.1. The number of nitrogens with zero attached hydrogens (tertiary/aromatic N) is 2. The lowest BCUT2D eigenvalue weighted by Gasteiger charge is -2.10. The molecule has 3 rings (SSSR count). The number of hydrogen-bond donors (Lipinski definition) is 0. The average molecular weight is 399 g/mol. The Morgan fingerprint density at radius 1 is 0.840 bits per heavy atom. The first-order valence-corrected chi connectivity index (χ1v) is 10.3. The van der Waals surface area contributed by atoms with Crippen LogP contribution in [0.3, 0.4) is 0 Å². The topological polar surface area (TPSA) is 17.8 Å². The van der Waals surface area contributed by atoms with Gasteiger partial charge >= 0.3 is 0 Å². The van der Waals surface area contributed by atoms with Crippen LogP contribution in [0.4, 0.5) is 0 Å². The molecule has 3 aromatic rings. The van der Waals surface area contributed by atoms with Gasteiger partial charge in [0.25, 0.3) is 0 Å². The molecule has 0 bridgehead atoms. The Morgan fingerprint density at radius 3 is 2.28 bits per heavy atom. The fourth-order valence-corrected chi connectivity index (χ4v) is 3.61. The zero-order valence-corrected chi connectivity index (χ0v) is 16.6. The summed E-state index contributed by atoms with van der Waals surface area (Å²) >= 11 is 3.52. The number of aryl methyl sites for hydroxylation is 1. The van der Waals surface area contributed by atoms with Gasteiger partial charge < -0.3 is 4.57 Å². The van der Waals surface area contributed by atoms with E-state index in [2.05, 4.69) is 76.0 Å². The van der Waals surface area contributed by atoms with Crippen LogP contribution < -0.4 is 0 Å². The number of hydrogen-bond acceptors (Lipinski definition) is 1. The Kier molecular flexibility index (Phi) is 6.69. The maximum absolute atomic E-state index is 4.90. The summed E-state index contributed by atoms with van der Waals surface area (Å²) in [6, 6.07) is 16.9. The number of halogens is 1. The molecule has 0 aliphatic rings. The van der Waals surface area contributed by atoms with E-state index in [1.807, 2.05) is 0 Å². The fourth-order valence-electron chi connectivity index (χ4n) is 3.35. The summed E-state index contributed by atoms with van der Waals surface area (Å²) in [7, 11) is 0. The first-order chi connectivity index (χ1) is 12.3. The molecule has 132 valence electrons. The van der Waals surface area contributed by atoms with Gasteiger partial charge in [-0.15, -0.1) is 0 Å². The molecule has 0 spiro atoms. The van der Waals surface area contributed by atoms with Crippen molar-refractivity contribution in [3.05, 3.63) is 53.0 Å². The van der Waals surface area contributed by atoms with Crippen LogP contribution in [0.5, 0.6) is 0 Å². The molecule has 2 nitrogen and oxygen atoms in total. The van der Waals surface area contributed by atoms with E-state index in [0.717, 1.165) is 22.4 Å². The maximum Gasteiger partial charge on any atom is 0.141 e. The van der Waals surface area contributed by atoms with Crippen molar-refractivity contribution >= 4 is 27.0 Å². The van der Waals surface area contributed by atoms with Gasteiger partial charge in [0.1, 0.15) is 5.82 Å². The Balaban J connectivity index is 1.74. The zero-order chi connectivity index (χ0) is 17.5. The molecule has 0 aliphatic heterocycles. The maximum atomic E-state index is 4.90. The van der Waals surface area contributed by atoms with Crippen molar-refractivity contribution in [3.63, 3.8) is 0 Å². The minimum absolute atomic E-state index is 1.04. The molecule has 0 atom stereocenters. The van der Waals surface area contributed by atoms with Gasteiger partial charge in [-0.1, -0.05) is 85.6 Å². The molecule has 2 aromatic carbocycles. The van der Waals surface area contributed by atoms with Gasteiger partial charge in [-0.3, -0.25) is 0 Å². The summed E-state index contributed by atoms with van der Waals surface area (Å²) in [5.41, 5.74) is 3.51. The van der Waals surface area contributed by atoms with Crippen molar-refractivity contribution in [1.82, 2.24) is 9.55 Å². The summed E-state index contributed by atoms with van der Waals surface area (Å²) in [5.74, 6) is 1.08. The van der Waals surface area contributed by atoms with Gasteiger partial charge in [-0.05, 0) is 30.7 Å². The second-order valence-corrected chi connectivity index (χ2v) is 7.62. The third kappa shape index (κ3) is 4.72. The molecule has 0 saturated heterocycles. The van der Waals surface area contributed by atoms with E-state index in [1.54, 1.807) is 0 Å². The van der Waals surface area contributed by atoms with Gasteiger partial charge in [0.15, 0.2) is 0 Å². The van der Waals surface area contributed by atoms with Crippen LogP contribution in [0.15, 0.2) is 53.0 Å². The van der Waals surface area contributed by atoms with Crippen LogP contribution >= 0.6 is 15.9 Å². The Bertz CT molecular complexity index is 789. The summed E-state index contributed by atoms with van der Waals surface area (Å²) in [6.07, 6.45) is 9.32. The second kappa shape index (κ2) is 9.19. The molecule has 0 saturated carbocycles. The van der Waals surface area contributed by atoms with Gasteiger partial charge in [0.05, 0.1) is 11.0 Å². The Labute approximate surface area is 159 Å². The van der Waals surface area contributed by atoms with Gasteiger partial charge in [0, 0.05) is 16.6 Å². The van der Waals surface area contributed by atoms with Gasteiger partial charge in [-0.25, -0.2) is 4.98 Å².